The molecule has 0 saturated heterocycles. The molecule has 0 aliphatic heterocycles. The van der Waals surface area contributed by atoms with Crippen LogP contribution in [0.1, 0.15) is 28.4 Å². The van der Waals surface area contributed by atoms with Crippen molar-refractivity contribution in [1.82, 2.24) is 10.3 Å². The van der Waals surface area contributed by atoms with Gasteiger partial charge >= 0.3 is 0 Å². The Kier molecular flexibility index (Phi) is 3.36. The molecule has 6 nitrogen and oxygen atoms in total. The lowest BCUT2D eigenvalue weighted by molar-refractivity contribution is -0.384. The SMILES string of the molecule is O=C(N[C@H]1C[C@@H]1c1ccc(F)cc1F)c1cc([N+](=O)[O-])c[nH]1. The summed E-state index contributed by atoms with van der Waals surface area (Å²) in [6.07, 6.45) is 1.66. The van der Waals surface area contributed by atoms with E-state index in [1.807, 2.05) is 0 Å². The predicted octanol–water partition coefficient (Wildman–Crippen LogP) is 2.49. The monoisotopic (exact) mass is 307 g/mol. The first-order chi connectivity index (χ1) is 10.5. The molecule has 1 aliphatic carbocycles. The second-order valence-electron chi connectivity index (χ2n) is 5.12. The minimum absolute atomic E-state index is 0.0666. The van der Waals surface area contributed by atoms with Crippen LogP contribution in [0.5, 0.6) is 0 Å². The number of hydrogen-bond acceptors (Lipinski definition) is 3. The molecule has 0 bridgehead atoms. The molecule has 2 N–H and O–H groups in total. The Bertz CT molecular complexity index is 760. The van der Waals surface area contributed by atoms with Crippen LogP contribution in [0.2, 0.25) is 0 Å². The van der Waals surface area contributed by atoms with Crippen LogP contribution >= 0.6 is 0 Å². The highest BCUT2D eigenvalue weighted by atomic mass is 19.1. The molecular formula is C14H11F2N3O3. The van der Waals surface area contributed by atoms with E-state index in [1.165, 1.54) is 12.1 Å². The molecule has 2 aromatic rings. The maximum atomic E-state index is 13.6. The van der Waals surface area contributed by atoms with Crippen molar-refractivity contribution in [3.8, 4) is 0 Å². The van der Waals surface area contributed by atoms with Gasteiger partial charge in [0.1, 0.15) is 17.3 Å². The van der Waals surface area contributed by atoms with E-state index in [-0.39, 0.29) is 23.3 Å². The van der Waals surface area contributed by atoms with Crippen molar-refractivity contribution < 1.29 is 18.5 Å². The maximum Gasteiger partial charge on any atom is 0.287 e. The number of carbonyl (C=O) groups is 1. The van der Waals surface area contributed by atoms with Gasteiger partial charge in [-0.3, -0.25) is 14.9 Å². The smallest absolute Gasteiger partial charge is 0.287 e. The van der Waals surface area contributed by atoms with Crippen molar-refractivity contribution in [2.45, 2.75) is 18.4 Å². The second kappa shape index (κ2) is 5.21. The highest BCUT2D eigenvalue weighted by Crippen LogP contribution is 2.42. The summed E-state index contributed by atoms with van der Waals surface area (Å²) in [6, 6.07) is 4.20. The van der Waals surface area contributed by atoms with Gasteiger partial charge in [0.05, 0.1) is 11.1 Å². The van der Waals surface area contributed by atoms with Gasteiger partial charge in [0.2, 0.25) is 0 Å². The van der Waals surface area contributed by atoms with E-state index in [0.717, 1.165) is 18.3 Å². The maximum absolute atomic E-state index is 13.6. The topological polar surface area (TPSA) is 88.0 Å². The fourth-order valence-electron chi connectivity index (χ4n) is 2.37. The van der Waals surface area contributed by atoms with E-state index in [9.17, 15) is 23.7 Å². The first-order valence-corrected chi connectivity index (χ1v) is 6.54. The zero-order valence-corrected chi connectivity index (χ0v) is 11.2. The molecule has 1 aliphatic rings. The zero-order valence-electron chi connectivity index (χ0n) is 11.2. The lowest BCUT2D eigenvalue weighted by atomic mass is 10.1. The van der Waals surface area contributed by atoms with Gasteiger partial charge in [0.25, 0.3) is 11.6 Å². The van der Waals surface area contributed by atoms with Crippen molar-refractivity contribution in [3.05, 3.63) is 63.5 Å². The van der Waals surface area contributed by atoms with Crippen molar-refractivity contribution in [2.75, 3.05) is 0 Å². The standard InChI is InChI=1S/C14H11F2N3O3/c15-7-1-2-9(11(16)3-7)10-5-12(10)18-14(20)13-4-8(6-17-13)19(21)22/h1-4,6,10,12,17H,5H2,(H,18,20)/t10-,12+/m1/s1. The number of nitrogens with zero attached hydrogens (tertiary/aromatic N) is 1. The number of rotatable bonds is 4. The summed E-state index contributed by atoms with van der Waals surface area (Å²) >= 11 is 0. The summed E-state index contributed by atoms with van der Waals surface area (Å²) in [5.74, 6) is -2.00. The Morgan fingerprint density at radius 2 is 2.14 bits per heavy atom. The largest absolute Gasteiger partial charge is 0.351 e. The molecule has 22 heavy (non-hydrogen) atoms. The van der Waals surface area contributed by atoms with Gasteiger partial charge in [0.15, 0.2) is 0 Å². The summed E-state index contributed by atoms with van der Waals surface area (Å²) in [5, 5.41) is 13.2. The van der Waals surface area contributed by atoms with Crippen LogP contribution in [0.15, 0.2) is 30.5 Å². The Morgan fingerprint density at radius 1 is 1.36 bits per heavy atom. The number of benzene rings is 1. The quantitative estimate of drug-likeness (QED) is 0.672. The van der Waals surface area contributed by atoms with Crippen LogP contribution in [0, 0.1) is 21.7 Å². The van der Waals surface area contributed by atoms with E-state index < -0.39 is 22.5 Å². The van der Waals surface area contributed by atoms with Crippen molar-refractivity contribution in [2.24, 2.45) is 0 Å². The van der Waals surface area contributed by atoms with Crippen LogP contribution < -0.4 is 5.32 Å². The highest BCUT2D eigenvalue weighted by molar-refractivity contribution is 5.93. The van der Waals surface area contributed by atoms with Crippen molar-refractivity contribution in [3.63, 3.8) is 0 Å². The third-order valence-corrected chi connectivity index (χ3v) is 3.59. The average molecular weight is 307 g/mol. The van der Waals surface area contributed by atoms with Gasteiger partial charge in [-0.1, -0.05) is 6.07 Å². The number of aromatic amines is 1. The number of nitro groups is 1. The number of H-pyrrole nitrogens is 1. The third kappa shape index (κ3) is 2.67. The number of halogens is 2. The molecule has 1 saturated carbocycles. The first kappa shape index (κ1) is 14.2. The summed E-state index contributed by atoms with van der Waals surface area (Å²) in [5.41, 5.74) is 0.211. The molecule has 8 heteroatoms. The summed E-state index contributed by atoms with van der Waals surface area (Å²) in [7, 11) is 0. The Morgan fingerprint density at radius 3 is 2.77 bits per heavy atom. The third-order valence-electron chi connectivity index (χ3n) is 3.59. The van der Waals surface area contributed by atoms with Gasteiger partial charge in [-0.2, -0.15) is 0 Å². The van der Waals surface area contributed by atoms with Crippen LogP contribution in [-0.4, -0.2) is 21.9 Å². The van der Waals surface area contributed by atoms with Crippen molar-refractivity contribution >= 4 is 11.6 Å². The number of nitrogens with one attached hydrogen (secondary N) is 2. The van der Waals surface area contributed by atoms with Gasteiger partial charge in [-0.25, -0.2) is 8.78 Å². The molecule has 1 heterocycles. The van der Waals surface area contributed by atoms with E-state index in [4.69, 9.17) is 0 Å². The highest BCUT2D eigenvalue weighted by Gasteiger charge is 2.41. The number of carbonyl (C=O) groups excluding carboxylic acids is 1. The Hall–Kier alpha value is -2.77. The summed E-state index contributed by atoms with van der Waals surface area (Å²) < 4.78 is 26.5. The number of hydrogen-bond donors (Lipinski definition) is 2. The average Bonchev–Trinajstić information content (AvgIpc) is 3.02. The molecular weight excluding hydrogens is 296 g/mol. The fourth-order valence-corrected chi connectivity index (χ4v) is 2.37. The Labute approximate surface area is 123 Å². The molecule has 0 radical (unpaired) electrons. The minimum Gasteiger partial charge on any atom is -0.351 e. The van der Waals surface area contributed by atoms with E-state index in [2.05, 4.69) is 10.3 Å². The summed E-state index contributed by atoms with van der Waals surface area (Å²) in [4.78, 5) is 24.4. The molecule has 1 aromatic carbocycles. The molecule has 1 aromatic heterocycles. The van der Waals surface area contributed by atoms with Crippen LogP contribution in [0.4, 0.5) is 14.5 Å². The van der Waals surface area contributed by atoms with Gasteiger partial charge in [-0.15, -0.1) is 0 Å². The molecule has 2 atom stereocenters. The molecule has 0 unspecified atom stereocenters. The first-order valence-electron chi connectivity index (χ1n) is 6.54. The zero-order chi connectivity index (χ0) is 15.9. The molecule has 114 valence electrons. The van der Waals surface area contributed by atoms with Gasteiger partial charge in [-0.05, 0) is 18.1 Å². The molecule has 3 rings (SSSR count). The van der Waals surface area contributed by atoms with Crippen LogP contribution in [0.3, 0.4) is 0 Å². The second-order valence-corrected chi connectivity index (χ2v) is 5.12. The van der Waals surface area contributed by atoms with E-state index in [1.54, 1.807) is 0 Å². The Balaban J connectivity index is 1.65. The molecule has 1 amide bonds. The van der Waals surface area contributed by atoms with E-state index >= 15 is 0 Å². The van der Waals surface area contributed by atoms with Gasteiger partial charge in [0, 0.05) is 24.1 Å². The normalized spacial score (nSPS) is 19.7. The number of aromatic nitrogens is 1. The number of amides is 1. The lowest BCUT2D eigenvalue weighted by Gasteiger charge is -2.04. The summed E-state index contributed by atoms with van der Waals surface area (Å²) in [6.45, 7) is 0. The molecule has 0 spiro atoms. The van der Waals surface area contributed by atoms with Gasteiger partial charge < -0.3 is 10.3 Å². The van der Waals surface area contributed by atoms with Crippen LogP contribution in [0.25, 0.3) is 0 Å². The van der Waals surface area contributed by atoms with Crippen LogP contribution in [-0.2, 0) is 0 Å². The van der Waals surface area contributed by atoms with E-state index in [0.29, 0.717) is 12.0 Å². The fraction of sp³-hybridized carbons (Fsp3) is 0.214. The lowest BCUT2D eigenvalue weighted by Crippen LogP contribution is -2.26. The minimum atomic E-state index is -0.652. The predicted molar refractivity (Wildman–Crippen MR) is 72.4 cm³/mol. The van der Waals surface area contributed by atoms with Crippen molar-refractivity contribution in [1.29, 1.82) is 0 Å². The molecule has 1 fully saturated rings.